The van der Waals surface area contributed by atoms with Gasteiger partial charge < -0.3 is 0 Å². The predicted octanol–water partition coefficient (Wildman–Crippen LogP) is 4.60. The van der Waals surface area contributed by atoms with Gasteiger partial charge in [0.05, 0.1) is 10.6 Å². The van der Waals surface area contributed by atoms with Crippen LogP contribution in [0.2, 0.25) is 0 Å². The van der Waals surface area contributed by atoms with E-state index in [9.17, 15) is 10.1 Å². The number of hydrogen-bond donors (Lipinski definition) is 0. The molecule has 8 nitrogen and oxygen atoms in total. The van der Waals surface area contributed by atoms with E-state index in [0.29, 0.717) is 11.6 Å². The number of aryl methyl sites for hydroxylation is 2. The second-order valence-electron chi connectivity index (χ2n) is 6.73. The van der Waals surface area contributed by atoms with Crippen molar-refractivity contribution in [3.63, 3.8) is 0 Å². The Bertz CT molecular complexity index is 1210. The van der Waals surface area contributed by atoms with Gasteiger partial charge in [-0.3, -0.25) is 10.1 Å². The maximum Gasteiger partial charge on any atom is 0.269 e. The van der Waals surface area contributed by atoms with Gasteiger partial charge in [0.25, 0.3) is 5.69 Å². The van der Waals surface area contributed by atoms with Crippen LogP contribution >= 0.6 is 0 Å². The van der Waals surface area contributed by atoms with Gasteiger partial charge in [0.2, 0.25) is 5.95 Å². The smallest absolute Gasteiger partial charge is 0.258 e. The zero-order valence-electron chi connectivity index (χ0n) is 16.4. The van der Waals surface area contributed by atoms with Crippen LogP contribution in [0, 0.1) is 24.0 Å². The Morgan fingerprint density at radius 2 is 1.67 bits per heavy atom. The van der Waals surface area contributed by atoms with Crippen molar-refractivity contribution in [3.8, 4) is 16.9 Å². The highest BCUT2D eigenvalue weighted by molar-refractivity contribution is 5.89. The molecule has 2 heterocycles. The van der Waals surface area contributed by atoms with E-state index in [1.165, 1.54) is 12.1 Å². The average molecular weight is 398 g/mol. The van der Waals surface area contributed by atoms with Crippen molar-refractivity contribution in [2.75, 3.05) is 0 Å². The maximum absolute atomic E-state index is 11.0. The Kier molecular flexibility index (Phi) is 5.13. The highest BCUT2D eigenvalue weighted by Crippen LogP contribution is 2.25. The summed E-state index contributed by atoms with van der Waals surface area (Å²) in [5.41, 5.74) is 4.74. The Labute approximate surface area is 172 Å². The molecule has 2 aromatic heterocycles. The Hall–Kier alpha value is -4.20. The lowest BCUT2D eigenvalue weighted by Crippen LogP contribution is -1.94. The topological polar surface area (TPSA) is 99.1 Å². The summed E-state index contributed by atoms with van der Waals surface area (Å²) < 4.78 is 1.75. The molecule has 0 saturated heterocycles. The van der Waals surface area contributed by atoms with Gasteiger partial charge in [0.1, 0.15) is 5.69 Å². The van der Waals surface area contributed by atoms with Crippen LogP contribution in [0.15, 0.2) is 71.9 Å². The lowest BCUT2D eigenvalue weighted by atomic mass is 10.1. The zero-order valence-corrected chi connectivity index (χ0v) is 16.4. The molecule has 0 atom stereocenters. The van der Waals surface area contributed by atoms with Crippen molar-refractivity contribution in [3.05, 3.63) is 93.9 Å². The molecular formula is C22H18N6O2. The molecule has 4 rings (SSSR count). The summed E-state index contributed by atoms with van der Waals surface area (Å²) in [6, 6.07) is 17.9. The number of para-hydroxylation sites is 1. The largest absolute Gasteiger partial charge is 0.269 e. The first-order valence-electron chi connectivity index (χ1n) is 9.26. The number of nitro groups is 1. The fourth-order valence-electron chi connectivity index (χ4n) is 3.05. The van der Waals surface area contributed by atoms with Gasteiger partial charge in [-0.2, -0.15) is 5.10 Å². The molecule has 0 radical (unpaired) electrons. The van der Waals surface area contributed by atoms with E-state index in [4.69, 9.17) is 0 Å². The summed E-state index contributed by atoms with van der Waals surface area (Å²) in [7, 11) is 0. The average Bonchev–Trinajstić information content (AvgIpc) is 3.16. The first-order valence-corrected chi connectivity index (χ1v) is 9.26. The quantitative estimate of drug-likeness (QED) is 0.278. The van der Waals surface area contributed by atoms with Crippen molar-refractivity contribution >= 4 is 17.9 Å². The number of rotatable bonds is 5. The lowest BCUT2D eigenvalue weighted by molar-refractivity contribution is -0.384. The molecule has 30 heavy (non-hydrogen) atoms. The second-order valence-corrected chi connectivity index (χ2v) is 6.73. The van der Waals surface area contributed by atoms with Crippen LogP contribution in [0.5, 0.6) is 0 Å². The first kappa shape index (κ1) is 19.1. The Morgan fingerprint density at radius 1 is 1.00 bits per heavy atom. The van der Waals surface area contributed by atoms with Gasteiger partial charge >= 0.3 is 0 Å². The highest BCUT2D eigenvalue weighted by atomic mass is 16.6. The minimum atomic E-state index is -0.424. The van der Waals surface area contributed by atoms with E-state index in [0.717, 1.165) is 28.2 Å². The SMILES string of the molecule is Cc1cc(C)nc(/N=C/c2cn(-c3ccccc3)nc2-c2ccc([N+](=O)[O-])cc2)n1. The van der Waals surface area contributed by atoms with Crippen LogP contribution in [-0.4, -0.2) is 30.9 Å². The summed E-state index contributed by atoms with van der Waals surface area (Å²) in [6.45, 7) is 3.78. The number of aliphatic imine (C=N–C) groups is 1. The van der Waals surface area contributed by atoms with Crippen molar-refractivity contribution in [2.24, 2.45) is 4.99 Å². The van der Waals surface area contributed by atoms with Crippen molar-refractivity contribution in [1.82, 2.24) is 19.7 Å². The van der Waals surface area contributed by atoms with Crippen LogP contribution in [0.1, 0.15) is 17.0 Å². The van der Waals surface area contributed by atoms with Crippen molar-refractivity contribution in [1.29, 1.82) is 0 Å². The van der Waals surface area contributed by atoms with Crippen LogP contribution in [0.25, 0.3) is 16.9 Å². The summed E-state index contributed by atoms with van der Waals surface area (Å²) in [4.78, 5) is 23.6. The molecule has 0 unspecified atom stereocenters. The summed E-state index contributed by atoms with van der Waals surface area (Å²) in [5, 5.41) is 15.7. The fraction of sp³-hybridized carbons (Fsp3) is 0.0909. The minimum Gasteiger partial charge on any atom is -0.258 e. The number of benzene rings is 2. The fourth-order valence-corrected chi connectivity index (χ4v) is 3.05. The molecule has 148 valence electrons. The number of aromatic nitrogens is 4. The minimum absolute atomic E-state index is 0.0279. The molecule has 0 aliphatic rings. The van der Waals surface area contributed by atoms with Gasteiger partial charge in [-0.15, -0.1) is 0 Å². The third kappa shape index (κ3) is 4.12. The molecular weight excluding hydrogens is 380 g/mol. The Balaban J connectivity index is 1.78. The highest BCUT2D eigenvalue weighted by Gasteiger charge is 2.13. The summed E-state index contributed by atoms with van der Waals surface area (Å²) >= 11 is 0. The van der Waals surface area contributed by atoms with Crippen molar-refractivity contribution in [2.45, 2.75) is 13.8 Å². The van der Waals surface area contributed by atoms with Crippen molar-refractivity contribution < 1.29 is 4.92 Å². The van der Waals surface area contributed by atoms with E-state index in [1.54, 1.807) is 23.0 Å². The summed E-state index contributed by atoms with van der Waals surface area (Å²) in [6.07, 6.45) is 3.52. The van der Waals surface area contributed by atoms with Crippen LogP contribution in [0.4, 0.5) is 11.6 Å². The van der Waals surface area contributed by atoms with Gasteiger partial charge in [0.15, 0.2) is 0 Å². The van der Waals surface area contributed by atoms with E-state index >= 15 is 0 Å². The molecule has 0 fully saturated rings. The van der Waals surface area contributed by atoms with Crippen LogP contribution in [-0.2, 0) is 0 Å². The maximum atomic E-state index is 11.0. The monoisotopic (exact) mass is 398 g/mol. The molecule has 0 saturated carbocycles. The van der Waals surface area contributed by atoms with Gasteiger partial charge in [-0.1, -0.05) is 18.2 Å². The van der Waals surface area contributed by atoms with E-state index < -0.39 is 4.92 Å². The molecule has 2 aromatic carbocycles. The number of nitrogens with zero attached hydrogens (tertiary/aromatic N) is 6. The molecule has 0 aliphatic carbocycles. The molecule has 0 N–H and O–H groups in total. The second kappa shape index (κ2) is 8.04. The third-order valence-corrected chi connectivity index (χ3v) is 4.40. The Morgan fingerprint density at radius 3 is 2.30 bits per heavy atom. The lowest BCUT2D eigenvalue weighted by Gasteiger charge is -2.00. The molecule has 0 amide bonds. The van der Waals surface area contributed by atoms with E-state index in [2.05, 4.69) is 20.1 Å². The van der Waals surface area contributed by atoms with Crippen LogP contribution < -0.4 is 0 Å². The number of nitro benzene ring substituents is 1. The first-order chi connectivity index (χ1) is 14.5. The third-order valence-electron chi connectivity index (χ3n) is 4.40. The molecule has 0 spiro atoms. The van der Waals surface area contributed by atoms with Crippen LogP contribution in [0.3, 0.4) is 0 Å². The van der Waals surface area contributed by atoms with Gasteiger partial charge in [-0.25, -0.2) is 19.6 Å². The normalized spacial score (nSPS) is 11.1. The molecule has 0 aliphatic heterocycles. The molecule has 8 heteroatoms. The van der Waals surface area contributed by atoms with Gasteiger partial charge in [-0.05, 0) is 44.2 Å². The summed E-state index contributed by atoms with van der Waals surface area (Å²) in [5.74, 6) is 0.370. The number of non-ortho nitro benzene ring substituents is 1. The molecule has 0 bridgehead atoms. The van der Waals surface area contributed by atoms with E-state index in [1.807, 2.05) is 56.4 Å². The molecule has 4 aromatic rings. The van der Waals surface area contributed by atoms with E-state index in [-0.39, 0.29) is 5.69 Å². The zero-order chi connectivity index (χ0) is 21.1. The number of hydrogen-bond acceptors (Lipinski definition) is 6. The standard InChI is InChI=1S/C22H18N6O2/c1-15-12-16(2)25-22(24-15)23-13-18-14-27(19-6-4-3-5-7-19)26-21(18)17-8-10-20(11-9-17)28(29)30/h3-14H,1-2H3/b23-13+. The van der Waals surface area contributed by atoms with Gasteiger partial charge in [0, 0.05) is 47.1 Å². The predicted molar refractivity (Wildman–Crippen MR) is 114 cm³/mol.